The molecule has 0 aliphatic heterocycles. The minimum Gasteiger partial charge on any atom is -0.465 e. The second-order valence-electron chi connectivity index (χ2n) is 5.23. The van der Waals surface area contributed by atoms with Gasteiger partial charge in [0.2, 0.25) is 0 Å². The molecule has 0 aliphatic rings. The third-order valence-electron chi connectivity index (χ3n) is 2.11. The van der Waals surface area contributed by atoms with Gasteiger partial charge in [0, 0.05) is 0 Å². The molecule has 0 amide bonds. The maximum atomic E-state index is 11.4. The van der Waals surface area contributed by atoms with Crippen LogP contribution in [-0.4, -0.2) is 30.8 Å². The van der Waals surface area contributed by atoms with Crippen molar-refractivity contribution < 1.29 is 9.53 Å². The van der Waals surface area contributed by atoms with E-state index in [1.54, 1.807) is 0 Å². The Bertz CT molecular complexity index is 226. The lowest BCUT2D eigenvalue weighted by Gasteiger charge is -2.26. The molecular weight excluding hydrogens is 208 g/mol. The summed E-state index contributed by atoms with van der Waals surface area (Å²) in [6, 6.07) is 0. The predicted molar refractivity (Wildman–Crippen MR) is 69.5 cm³/mol. The topological polar surface area (TPSA) is 26.3 Å². The number of carbonyl (C=O) groups excluding carboxylic acids is 1. The zero-order chi connectivity index (χ0) is 12.1. The second-order valence-corrected chi connectivity index (χ2v) is 9.22. The fourth-order valence-corrected chi connectivity index (χ4v) is 1.92. The molecular formula is C12H24O2S. The van der Waals surface area contributed by atoms with Crippen molar-refractivity contribution in [1.29, 1.82) is 0 Å². The molecule has 0 bridgehead atoms. The smallest absolute Gasteiger partial charge is 0.311 e. The maximum Gasteiger partial charge on any atom is 0.311 e. The molecule has 0 radical (unpaired) electrons. The Kier molecular flexibility index (Phi) is 5.43. The van der Waals surface area contributed by atoms with Crippen LogP contribution >= 0.6 is 10.0 Å². The van der Waals surface area contributed by atoms with Crippen molar-refractivity contribution in [3.8, 4) is 0 Å². The van der Waals surface area contributed by atoms with Crippen LogP contribution in [0.15, 0.2) is 12.0 Å². The quantitative estimate of drug-likeness (QED) is 0.537. The molecule has 0 rings (SSSR count). The van der Waals surface area contributed by atoms with Crippen LogP contribution in [0, 0.1) is 5.41 Å². The molecule has 0 atom stereocenters. The molecule has 0 aromatic rings. The molecule has 0 saturated carbocycles. The summed E-state index contributed by atoms with van der Waals surface area (Å²) in [6.45, 7) is 9.95. The highest BCUT2D eigenvalue weighted by Gasteiger charge is 2.22. The summed E-state index contributed by atoms with van der Waals surface area (Å²) >= 11 is 0. The third kappa shape index (κ3) is 6.61. The Morgan fingerprint density at radius 1 is 1.40 bits per heavy atom. The first-order chi connectivity index (χ1) is 6.69. The van der Waals surface area contributed by atoms with Gasteiger partial charge in [0.15, 0.2) is 0 Å². The van der Waals surface area contributed by atoms with Gasteiger partial charge >= 0.3 is 5.97 Å². The van der Waals surface area contributed by atoms with Crippen molar-refractivity contribution in [3.63, 3.8) is 0 Å². The van der Waals surface area contributed by atoms with E-state index in [0.717, 1.165) is 12.2 Å². The molecule has 0 aliphatic carbocycles. The van der Waals surface area contributed by atoms with Crippen LogP contribution in [0.4, 0.5) is 0 Å². The van der Waals surface area contributed by atoms with Crippen molar-refractivity contribution >= 4 is 16.0 Å². The van der Waals surface area contributed by atoms with Crippen LogP contribution in [0.25, 0.3) is 0 Å². The fraction of sp³-hybridized carbons (Fsp3) is 0.750. The second kappa shape index (κ2) is 5.59. The normalized spacial score (nSPS) is 13.4. The van der Waals surface area contributed by atoms with Crippen molar-refractivity contribution in [2.45, 2.75) is 27.2 Å². The summed E-state index contributed by atoms with van der Waals surface area (Å²) in [5.74, 6) is 0.961. The molecule has 90 valence electrons. The number of hydrogen-bond donors (Lipinski definition) is 0. The van der Waals surface area contributed by atoms with Crippen LogP contribution < -0.4 is 0 Å². The van der Waals surface area contributed by atoms with E-state index in [0.29, 0.717) is 6.61 Å². The Morgan fingerprint density at radius 3 is 2.33 bits per heavy atom. The molecule has 0 spiro atoms. The predicted octanol–water partition coefficient (Wildman–Crippen LogP) is 3.17. The number of hydrogen-bond acceptors (Lipinski definition) is 2. The summed E-state index contributed by atoms with van der Waals surface area (Å²) < 4.78 is 5.19. The lowest BCUT2D eigenvalue weighted by atomic mass is 9.97. The monoisotopic (exact) mass is 232 g/mol. The lowest BCUT2D eigenvalue weighted by molar-refractivity contribution is -0.152. The largest absolute Gasteiger partial charge is 0.465 e. The zero-order valence-electron chi connectivity index (χ0n) is 10.6. The average molecular weight is 232 g/mol. The SMILES string of the molecule is C=CS(C)(C)CCCOC(=O)C(C)(C)C. The third-order valence-corrected chi connectivity index (χ3v) is 4.35. The highest BCUT2D eigenvalue weighted by atomic mass is 32.3. The minimum absolute atomic E-state index is 0.117. The van der Waals surface area contributed by atoms with E-state index in [9.17, 15) is 4.79 Å². The molecule has 3 heteroatoms. The van der Waals surface area contributed by atoms with Crippen molar-refractivity contribution in [1.82, 2.24) is 0 Å². The van der Waals surface area contributed by atoms with E-state index in [-0.39, 0.29) is 11.4 Å². The summed E-state index contributed by atoms with van der Waals surface area (Å²) in [6.07, 6.45) is 5.35. The first-order valence-electron chi connectivity index (χ1n) is 5.20. The van der Waals surface area contributed by atoms with Crippen molar-refractivity contribution in [3.05, 3.63) is 12.0 Å². The molecule has 0 unspecified atom stereocenters. The summed E-state index contributed by atoms with van der Waals surface area (Å²) in [5, 5.41) is 2.03. The highest BCUT2D eigenvalue weighted by Crippen LogP contribution is 2.40. The van der Waals surface area contributed by atoms with E-state index in [2.05, 4.69) is 19.1 Å². The van der Waals surface area contributed by atoms with Gasteiger partial charge in [-0.15, -0.1) is 0 Å². The molecule has 0 saturated heterocycles. The fourth-order valence-electron chi connectivity index (χ4n) is 0.896. The van der Waals surface area contributed by atoms with Crippen LogP contribution in [0.2, 0.25) is 0 Å². The van der Waals surface area contributed by atoms with E-state index < -0.39 is 10.0 Å². The molecule has 15 heavy (non-hydrogen) atoms. The Morgan fingerprint density at radius 2 is 1.93 bits per heavy atom. The molecule has 2 nitrogen and oxygen atoms in total. The number of esters is 1. The molecule has 0 aromatic heterocycles. The lowest BCUT2D eigenvalue weighted by Crippen LogP contribution is -2.23. The van der Waals surface area contributed by atoms with E-state index >= 15 is 0 Å². The van der Waals surface area contributed by atoms with Crippen molar-refractivity contribution in [2.75, 3.05) is 24.9 Å². The first kappa shape index (κ1) is 14.6. The first-order valence-corrected chi connectivity index (χ1v) is 7.88. The van der Waals surface area contributed by atoms with Gasteiger partial charge in [-0.2, -0.15) is 0 Å². The Balaban J connectivity index is 3.74. The van der Waals surface area contributed by atoms with Crippen LogP contribution in [0.5, 0.6) is 0 Å². The molecule has 0 aromatic carbocycles. The Hall–Kier alpha value is -0.440. The van der Waals surface area contributed by atoms with Crippen LogP contribution in [-0.2, 0) is 9.53 Å². The van der Waals surface area contributed by atoms with E-state index in [4.69, 9.17) is 4.74 Å². The maximum absolute atomic E-state index is 11.4. The van der Waals surface area contributed by atoms with Gasteiger partial charge in [-0.3, -0.25) is 4.79 Å². The average Bonchev–Trinajstić information content (AvgIpc) is 2.10. The summed E-state index contributed by atoms with van der Waals surface area (Å²) in [4.78, 5) is 11.4. The molecule has 0 heterocycles. The van der Waals surface area contributed by atoms with Crippen LogP contribution in [0.1, 0.15) is 27.2 Å². The van der Waals surface area contributed by atoms with Gasteiger partial charge in [0.1, 0.15) is 0 Å². The summed E-state index contributed by atoms with van der Waals surface area (Å²) in [5.41, 5.74) is -0.388. The molecule has 0 fully saturated rings. The van der Waals surface area contributed by atoms with Gasteiger partial charge < -0.3 is 4.74 Å². The minimum atomic E-state index is -0.680. The van der Waals surface area contributed by atoms with Crippen molar-refractivity contribution in [2.24, 2.45) is 5.41 Å². The summed E-state index contributed by atoms with van der Waals surface area (Å²) in [7, 11) is -0.680. The van der Waals surface area contributed by atoms with Gasteiger partial charge in [0.05, 0.1) is 12.0 Å². The van der Waals surface area contributed by atoms with Gasteiger partial charge in [-0.25, -0.2) is 10.0 Å². The van der Waals surface area contributed by atoms with E-state index in [1.807, 2.05) is 26.2 Å². The zero-order valence-corrected chi connectivity index (χ0v) is 11.4. The standard InChI is InChI=1S/C12H24O2S/c1-7-15(5,6)10-8-9-14-11(13)12(2,3)4/h7H,1,8-10H2,2-6H3. The molecule has 0 N–H and O–H groups in total. The Labute approximate surface area is 95.4 Å². The number of carbonyl (C=O) groups is 1. The number of rotatable bonds is 5. The highest BCUT2D eigenvalue weighted by molar-refractivity contribution is 8.35. The van der Waals surface area contributed by atoms with E-state index in [1.165, 1.54) is 0 Å². The number of ether oxygens (including phenoxy) is 1. The van der Waals surface area contributed by atoms with Crippen LogP contribution in [0.3, 0.4) is 0 Å². The van der Waals surface area contributed by atoms with Gasteiger partial charge in [-0.05, 0) is 45.5 Å². The van der Waals surface area contributed by atoms with Gasteiger partial charge in [0.25, 0.3) is 0 Å². The van der Waals surface area contributed by atoms with Gasteiger partial charge in [-0.1, -0.05) is 12.0 Å².